The zero-order valence-electron chi connectivity index (χ0n) is 10.2. The van der Waals surface area contributed by atoms with Crippen molar-refractivity contribution in [3.8, 4) is 0 Å². The fourth-order valence-corrected chi connectivity index (χ4v) is 2.78. The lowest BCUT2D eigenvalue weighted by molar-refractivity contribution is 0.153. The second-order valence-corrected chi connectivity index (χ2v) is 6.55. The molecule has 0 bridgehead atoms. The maximum absolute atomic E-state index is 11.5. The van der Waals surface area contributed by atoms with E-state index in [4.69, 9.17) is 11.6 Å². The number of halogens is 1. The Balaban J connectivity index is 2.25. The number of aliphatic hydroxyl groups excluding tert-OH is 1. The van der Waals surface area contributed by atoms with Gasteiger partial charge in [-0.2, -0.15) is 0 Å². The molecule has 102 valence electrons. The summed E-state index contributed by atoms with van der Waals surface area (Å²) in [6, 6.07) is 6.81. The van der Waals surface area contributed by atoms with Gasteiger partial charge in [0.1, 0.15) is 0 Å². The van der Waals surface area contributed by atoms with Crippen LogP contribution in [0.25, 0.3) is 0 Å². The van der Waals surface area contributed by atoms with Crippen molar-refractivity contribution in [1.29, 1.82) is 0 Å². The lowest BCUT2D eigenvalue weighted by Gasteiger charge is -2.13. The summed E-state index contributed by atoms with van der Waals surface area (Å²) in [4.78, 5) is 3.79. The van der Waals surface area contributed by atoms with Crippen LogP contribution in [0.15, 0.2) is 41.8 Å². The lowest BCUT2D eigenvalue weighted by atomic mass is 10.1. The summed E-state index contributed by atoms with van der Waals surface area (Å²) in [6.45, 7) is 0.0999. The number of nitrogens with zero attached hydrogens (tertiary/aromatic N) is 2. The number of aromatic nitrogens is 2. The number of aliphatic hydroxyl groups is 1. The molecule has 0 amide bonds. The van der Waals surface area contributed by atoms with Crippen LogP contribution < -0.4 is 0 Å². The molecule has 5 nitrogen and oxygen atoms in total. The quantitative estimate of drug-likeness (QED) is 0.932. The van der Waals surface area contributed by atoms with Gasteiger partial charge in [0.15, 0.2) is 0 Å². The van der Waals surface area contributed by atoms with E-state index in [1.165, 1.54) is 17.0 Å². The van der Waals surface area contributed by atoms with Crippen molar-refractivity contribution >= 4 is 21.4 Å². The van der Waals surface area contributed by atoms with Crippen LogP contribution in [0.1, 0.15) is 11.7 Å². The van der Waals surface area contributed by atoms with Crippen LogP contribution in [0, 0.1) is 0 Å². The van der Waals surface area contributed by atoms with E-state index >= 15 is 0 Å². The SMILES string of the molecule is CS(=O)(=O)c1nccn1CC(O)c1cccc(Cl)c1. The first-order valence-corrected chi connectivity index (χ1v) is 7.79. The Bertz CT molecular complexity index is 682. The van der Waals surface area contributed by atoms with E-state index in [9.17, 15) is 13.5 Å². The minimum atomic E-state index is -3.41. The summed E-state index contributed by atoms with van der Waals surface area (Å²) in [5.41, 5.74) is 0.626. The van der Waals surface area contributed by atoms with Gasteiger partial charge in [0.2, 0.25) is 15.0 Å². The summed E-state index contributed by atoms with van der Waals surface area (Å²) >= 11 is 5.85. The van der Waals surface area contributed by atoms with Gasteiger partial charge in [-0.3, -0.25) is 0 Å². The van der Waals surface area contributed by atoms with Crippen molar-refractivity contribution in [2.45, 2.75) is 17.8 Å². The molecule has 2 aromatic rings. The first kappa shape index (κ1) is 14.0. The number of benzene rings is 1. The van der Waals surface area contributed by atoms with Gasteiger partial charge in [0, 0.05) is 23.7 Å². The molecule has 1 N–H and O–H groups in total. The molecule has 0 radical (unpaired) electrons. The fourth-order valence-electron chi connectivity index (χ4n) is 1.77. The topological polar surface area (TPSA) is 72.2 Å². The van der Waals surface area contributed by atoms with Crippen molar-refractivity contribution in [2.24, 2.45) is 0 Å². The Labute approximate surface area is 116 Å². The summed E-state index contributed by atoms with van der Waals surface area (Å²) in [5, 5.41) is 10.6. The molecule has 0 spiro atoms. The van der Waals surface area contributed by atoms with Crippen molar-refractivity contribution in [3.05, 3.63) is 47.2 Å². The Morgan fingerprint density at radius 3 is 2.84 bits per heavy atom. The predicted molar refractivity (Wildman–Crippen MR) is 71.7 cm³/mol. The minimum Gasteiger partial charge on any atom is -0.387 e. The number of sulfone groups is 1. The zero-order chi connectivity index (χ0) is 14.0. The average Bonchev–Trinajstić information content (AvgIpc) is 2.77. The highest BCUT2D eigenvalue weighted by molar-refractivity contribution is 7.90. The lowest BCUT2D eigenvalue weighted by Crippen LogP contribution is -2.14. The molecule has 0 aliphatic rings. The molecule has 0 saturated heterocycles. The second-order valence-electron chi connectivity index (χ2n) is 4.21. The van der Waals surface area contributed by atoms with Gasteiger partial charge in [-0.15, -0.1) is 0 Å². The van der Waals surface area contributed by atoms with Crippen LogP contribution in [0.4, 0.5) is 0 Å². The summed E-state index contributed by atoms with van der Waals surface area (Å²) < 4.78 is 24.4. The number of hydrogen-bond donors (Lipinski definition) is 1. The van der Waals surface area contributed by atoms with E-state index < -0.39 is 15.9 Å². The monoisotopic (exact) mass is 300 g/mol. The van der Waals surface area contributed by atoms with Crippen molar-refractivity contribution in [3.63, 3.8) is 0 Å². The third-order valence-corrected chi connectivity index (χ3v) is 3.85. The van der Waals surface area contributed by atoms with Gasteiger partial charge in [-0.1, -0.05) is 23.7 Å². The van der Waals surface area contributed by atoms with E-state index in [1.54, 1.807) is 24.3 Å². The third-order valence-electron chi connectivity index (χ3n) is 2.61. The molecule has 2 rings (SSSR count). The van der Waals surface area contributed by atoms with Gasteiger partial charge in [-0.05, 0) is 17.7 Å². The average molecular weight is 301 g/mol. The second kappa shape index (κ2) is 5.32. The molecule has 19 heavy (non-hydrogen) atoms. The third kappa shape index (κ3) is 3.34. The smallest absolute Gasteiger partial charge is 0.227 e. The van der Waals surface area contributed by atoms with Gasteiger partial charge in [0.25, 0.3) is 0 Å². The van der Waals surface area contributed by atoms with Gasteiger partial charge in [-0.25, -0.2) is 13.4 Å². The molecule has 1 heterocycles. The number of rotatable bonds is 4. The van der Waals surface area contributed by atoms with Crippen LogP contribution in [0.3, 0.4) is 0 Å². The fraction of sp³-hybridized carbons (Fsp3) is 0.250. The van der Waals surface area contributed by atoms with Crippen LogP contribution in [-0.4, -0.2) is 29.3 Å². The van der Waals surface area contributed by atoms with E-state index in [1.807, 2.05) is 0 Å². The van der Waals surface area contributed by atoms with Crippen molar-refractivity contribution in [2.75, 3.05) is 6.26 Å². The Kier molecular flexibility index (Phi) is 3.93. The van der Waals surface area contributed by atoms with Gasteiger partial charge >= 0.3 is 0 Å². The summed E-state index contributed by atoms with van der Waals surface area (Å²) in [6.07, 6.45) is 3.14. The largest absolute Gasteiger partial charge is 0.387 e. The molecular formula is C12H13ClN2O3S. The highest BCUT2D eigenvalue weighted by atomic mass is 35.5. The molecular weight excluding hydrogens is 288 g/mol. The van der Waals surface area contributed by atoms with Crippen molar-refractivity contribution < 1.29 is 13.5 Å². The predicted octanol–water partition coefficient (Wildman–Crippen LogP) is 1.67. The van der Waals surface area contributed by atoms with E-state index in [0.717, 1.165) is 6.26 Å². The van der Waals surface area contributed by atoms with E-state index in [0.29, 0.717) is 10.6 Å². The zero-order valence-corrected chi connectivity index (χ0v) is 11.8. The molecule has 1 unspecified atom stereocenters. The Morgan fingerprint density at radius 1 is 1.47 bits per heavy atom. The standard InChI is InChI=1S/C12H13ClN2O3S/c1-19(17,18)12-14-5-6-15(12)8-11(16)9-3-2-4-10(13)7-9/h2-7,11,16H,8H2,1H3. The van der Waals surface area contributed by atoms with Gasteiger partial charge in [0.05, 0.1) is 12.6 Å². The molecule has 0 aliphatic carbocycles. The maximum atomic E-state index is 11.5. The van der Waals surface area contributed by atoms with Crippen molar-refractivity contribution in [1.82, 2.24) is 9.55 Å². The molecule has 1 aromatic carbocycles. The summed E-state index contributed by atoms with van der Waals surface area (Å²) in [5.74, 6) is 0. The van der Waals surface area contributed by atoms with E-state index in [-0.39, 0.29) is 11.7 Å². The Morgan fingerprint density at radius 2 is 2.21 bits per heavy atom. The number of imidazole rings is 1. The Hall–Kier alpha value is -1.37. The molecule has 0 fully saturated rings. The van der Waals surface area contributed by atoms with Crippen LogP contribution in [-0.2, 0) is 16.4 Å². The molecule has 1 aromatic heterocycles. The van der Waals surface area contributed by atoms with Gasteiger partial charge < -0.3 is 9.67 Å². The molecule has 1 atom stereocenters. The molecule has 0 saturated carbocycles. The van der Waals surface area contributed by atoms with Crippen LogP contribution in [0.2, 0.25) is 5.02 Å². The summed E-state index contributed by atoms with van der Waals surface area (Å²) in [7, 11) is -3.41. The first-order valence-electron chi connectivity index (χ1n) is 5.52. The highest BCUT2D eigenvalue weighted by Gasteiger charge is 2.17. The minimum absolute atomic E-state index is 0.0615. The first-order chi connectivity index (χ1) is 8.88. The normalized spacial score (nSPS) is 13.4. The molecule has 7 heteroatoms. The molecule has 0 aliphatic heterocycles. The maximum Gasteiger partial charge on any atom is 0.227 e. The highest BCUT2D eigenvalue weighted by Crippen LogP contribution is 2.20. The van der Waals surface area contributed by atoms with Crippen LogP contribution >= 0.6 is 11.6 Å². The van der Waals surface area contributed by atoms with Crippen LogP contribution in [0.5, 0.6) is 0 Å². The van der Waals surface area contributed by atoms with E-state index in [2.05, 4.69) is 4.98 Å². The number of hydrogen-bond acceptors (Lipinski definition) is 4.